The van der Waals surface area contributed by atoms with Crippen molar-refractivity contribution in [2.75, 3.05) is 11.4 Å². The molecule has 0 unspecified atom stereocenters. The second kappa shape index (κ2) is 5.43. The Bertz CT molecular complexity index is 433. The highest BCUT2D eigenvalue weighted by Crippen LogP contribution is 2.23. The van der Waals surface area contributed by atoms with E-state index < -0.39 is 11.7 Å². The number of benzene rings is 1. The molecule has 0 heterocycles. The minimum atomic E-state index is -0.604. The van der Waals surface area contributed by atoms with Gasteiger partial charge < -0.3 is 10.6 Å². The van der Waals surface area contributed by atoms with E-state index in [2.05, 4.69) is 0 Å². The molecule has 0 atom stereocenters. The van der Waals surface area contributed by atoms with Crippen molar-refractivity contribution in [1.82, 2.24) is 0 Å². The van der Waals surface area contributed by atoms with Gasteiger partial charge in [-0.05, 0) is 26.0 Å². The number of aldehydes is 1. The fraction of sp³-hybridized carbons (Fsp3) is 0.333. The third-order valence-electron chi connectivity index (χ3n) is 2.41. The Morgan fingerprint density at radius 1 is 1.53 bits per heavy atom. The van der Waals surface area contributed by atoms with E-state index in [0.717, 1.165) is 0 Å². The van der Waals surface area contributed by atoms with Gasteiger partial charge in [-0.3, -0.25) is 9.59 Å². The van der Waals surface area contributed by atoms with Crippen molar-refractivity contribution in [3.8, 4) is 0 Å². The number of hydrogen-bond donors (Lipinski definition) is 1. The zero-order valence-corrected chi connectivity index (χ0v) is 9.81. The highest BCUT2D eigenvalue weighted by atomic mass is 19.1. The maximum absolute atomic E-state index is 13.4. The van der Waals surface area contributed by atoms with Crippen LogP contribution in [0.4, 0.5) is 10.1 Å². The monoisotopic (exact) mass is 238 g/mol. The molecule has 0 aromatic heterocycles. The fourth-order valence-corrected chi connectivity index (χ4v) is 1.61. The van der Waals surface area contributed by atoms with Crippen LogP contribution in [-0.2, 0) is 4.79 Å². The Kier molecular flexibility index (Phi) is 4.20. The largest absolute Gasteiger partial charge is 0.368 e. The lowest BCUT2D eigenvalue weighted by Gasteiger charge is -2.28. The molecule has 17 heavy (non-hydrogen) atoms. The zero-order valence-electron chi connectivity index (χ0n) is 9.81. The Balaban J connectivity index is 3.22. The second-order valence-corrected chi connectivity index (χ2v) is 3.98. The van der Waals surface area contributed by atoms with Gasteiger partial charge in [-0.15, -0.1) is 0 Å². The predicted molar refractivity (Wildman–Crippen MR) is 63.5 cm³/mol. The smallest absolute Gasteiger partial charge is 0.236 e. The van der Waals surface area contributed by atoms with Gasteiger partial charge in [0.05, 0.1) is 17.8 Å². The number of primary amides is 1. The number of nitrogens with zero attached hydrogens (tertiary/aromatic N) is 1. The van der Waals surface area contributed by atoms with Crippen LogP contribution >= 0.6 is 0 Å². The second-order valence-electron chi connectivity index (χ2n) is 3.98. The fourth-order valence-electron chi connectivity index (χ4n) is 1.61. The van der Waals surface area contributed by atoms with Crippen molar-refractivity contribution in [3.63, 3.8) is 0 Å². The Labute approximate surface area is 99.2 Å². The van der Waals surface area contributed by atoms with Crippen LogP contribution in [0.25, 0.3) is 0 Å². The molecule has 0 spiro atoms. The molecule has 4 nitrogen and oxygen atoms in total. The summed E-state index contributed by atoms with van der Waals surface area (Å²) in [6, 6.07) is 4.22. The first kappa shape index (κ1) is 13.2. The van der Waals surface area contributed by atoms with Gasteiger partial charge in [0, 0.05) is 6.04 Å². The molecule has 0 aliphatic rings. The summed E-state index contributed by atoms with van der Waals surface area (Å²) < 4.78 is 13.4. The molecule has 1 rings (SSSR count). The summed E-state index contributed by atoms with van der Waals surface area (Å²) in [4.78, 5) is 23.4. The molecular weight excluding hydrogens is 223 g/mol. The summed E-state index contributed by atoms with van der Waals surface area (Å²) in [5, 5.41) is 0. The number of carbonyl (C=O) groups is 2. The number of nitrogens with two attached hydrogens (primary N) is 1. The number of rotatable bonds is 5. The number of halogens is 1. The Morgan fingerprint density at radius 2 is 2.18 bits per heavy atom. The minimum Gasteiger partial charge on any atom is -0.368 e. The summed E-state index contributed by atoms with van der Waals surface area (Å²) in [6.45, 7) is 3.62. The molecule has 0 aliphatic carbocycles. The normalized spacial score (nSPS) is 10.4. The molecule has 1 aromatic rings. The maximum atomic E-state index is 13.4. The van der Waals surface area contributed by atoms with Crippen LogP contribution in [-0.4, -0.2) is 24.8 Å². The van der Waals surface area contributed by atoms with Crippen LogP contribution in [0.5, 0.6) is 0 Å². The van der Waals surface area contributed by atoms with Gasteiger partial charge in [-0.25, -0.2) is 4.39 Å². The van der Waals surface area contributed by atoms with Gasteiger partial charge >= 0.3 is 0 Å². The predicted octanol–water partition coefficient (Wildman–Crippen LogP) is 1.34. The van der Waals surface area contributed by atoms with Gasteiger partial charge in [0.15, 0.2) is 6.29 Å². The summed E-state index contributed by atoms with van der Waals surface area (Å²) in [5.74, 6) is -1.13. The van der Waals surface area contributed by atoms with Gasteiger partial charge in [0.2, 0.25) is 5.91 Å². The maximum Gasteiger partial charge on any atom is 0.236 e. The molecule has 0 aliphatic heterocycles. The van der Waals surface area contributed by atoms with Gasteiger partial charge in [0.25, 0.3) is 0 Å². The molecule has 92 valence electrons. The van der Waals surface area contributed by atoms with Crippen LogP contribution < -0.4 is 10.6 Å². The molecule has 0 bridgehead atoms. The molecule has 1 aromatic carbocycles. The van der Waals surface area contributed by atoms with E-state index in [9.17, 15) is 14.0 Å². The van der Waals surface area contributed by atoms with Crippen molar-refractivity contribution in [1.29, 1.82) is 0 Å². The first-order valence-electron chi connectivity index (χ1n) is 5.26. The van der Waals surface area contributed by atoms with Crippen molar-refractivity contribution < 1.29 is 14.0 Å². The SMILES string of the molecule is CC(C)N(CC(N)=O)c1cccc(F)c1C=O. The van der Waals surface area contributed by atoms with Crippen molar-refractivity contribution >= 4 is 17.9 Å². The lowest BCUT2D eigenvalue weighted by Crippen LogP contribution is -2.39. The molecule has 2 N–H and O–H groups in total. The average molecular weight is 238 g/mol. The van der Waals surface area contributed by atoms with E-state index in [-0.39, 0.29) is 18.2 Å². The summed E-state index contributed by atoms with van der Waals surface area (Å²) >= 11 is 0. The first-order valence-corrected chi connectivity index (χ1v) is 5.26. The third-order valence-corrected chi connectivity index (χ3v) is 2.41. The number of anilines is 1. The molecule has 0 saturated heterocycles. The molecule has 0 fully saturated rings. The topological polar surface area (TPSA) is 63.4 Å². The van der Waals surface area contributed by atoms with E-state index in [1.54, 1.807) is 11.0 Å². The summed E-state index contributed by atoms with van der Waals surface area (Å²) in [7, 11) is 0. The van der Waals surface area contributed by atoms with Gasteiger partial charge in [-0.1, -0.05) is 6.07 Å². The van der Waals surface area contributed by atoms with Gasteiger partial charge in [-0.2, -0.15) is 0 Å². The van der Waals surface area contributed by atoms with E-state index in [1.165, 1.54) is 12.1 Å². The van der Waals surface area contributed by atoms with Crippen molar-refractivity contribution in [2.45, 2.75) is 19.9 Å². The van der Waals surface area contributed by atoms with Crippen LogP contribution in [0, 0.1) is 5.82 Å². The van der Waals surface area contributed by atoms with Gasteiger partial charge in [0.1, 0.15) is 5.82 Å². The number of carbonyl (C=O) groups excluding carboxylic acids is 2. The van der Waals surface area contributed by atoms with Crippen LogP contribution in [0.1, 0.15) is 24.2 Å². The highest BCUT2D eigenvalue weighted by Gasteiger charge is 2.18. The summed E-state index contributed by atoms with van der Waals surface area (Å²) in [5.41, 5.74) is 5.47. The molecule has 1 amide bonds. The number of hydrogen-bond acceptors (Lipinski definition) is 3. The van der Waals surface area contributed by atoms with Crippen LogP contribution in [0.3, 0.4) is 0 Å². The summed E-state index contributed by atoms with van der Waals surface area (Å²) in [6.07, 6.45) is 0.445. The Hall–Kier alpha value is -1.91. The standard InChI is InChI=1S/C12H15FN2O2/c1-8(2)15(6-12(14)17)11-5-3-4-10(13)9(11)7-16/h3-5,7-8H,6H2,1-2H3,(H2,14,17). The van der Waals surface area contributed by atoms with Crippen LogP contribution in [0.2, 0.25) is 0 Å². The minimum absolute atomic E-state index is 0.0533. The van der Waals surface area contributed by atoms with E-state index in [0.29, 0.717) is 12.0 Å². The van der Waals surface area contributed by atoms with Crippen LogP contribution in [0.15, 0.2) is 18.2 Å². The lowest BCUT2D eigenvalue weighted by molar-refractivity contribution is -0.116. The zero-order chi connectivity index (χ0) is 13.0. The van der Waals surface area contributed by atoms with E-state index >= 15 is 0 Å². The number of amides is 1. The molecule has 0 saturated carbocycles. The lowest BCUT2D eigenvalue weighted by atomic mass is 10.1. The van der Waals surface area contributed by atoms with Crippen molar-refractivity contribution in [3.05, 3.63) is 29.6 Å². The molecule has 5 heteroatoms. The third kappa shape index (κ3) is 3.03. The molecular formula is C12H15FN2O2. The highest BCUT2D eigenvalue weighted by molar-refractivity contribution is 5.87. The molecule has 0 radical (unpaired) electrons. The average Bonchev–Trinajstić information content (AvgIpc) is 2.25. The first-order chi connectivity index (χ1) is 7.97. The van der Waals surface area contributed by atoms with E-state index in [4.69, 9.17) is 5.73 Å². The van der Waals surface area contributed by atoms with E-state index in [1.807, 2.05) is 13.8 Å². The quantitative estimate of drug-likeness (QED) is 0.787. The Morgan fingerprint density at radius 3 is 2.65 bits per heavy atom. The van der Waals surface area contributed by atoms with Crippen molar-refractivity contribution in [2.24, 2.45) is 5.73 Å².